The summed E-state index contributed by atoms with van der Waals surface area (Å²) >= 11 is 2.56. The van der Waals surface area contributed by atoms with E-state index in [0.717, 1.165) is 0 Å². The predicted molar refractivity (Wildman–Crippen MR) is 45.6 cm³/mol. The molecule has 0 N–H and O–H groups in total. The van der Waals surface area contributed by atoms with Gasteiger partial charge in [-0.25, -0.2) is 0 Å². The number of hydrogen-bond donors (Lipinski definition) is 0. The van der Waals surface area contributed by atoms with Crippen LogP contribution in [-0.4, -0.2) is 20.4 Å². The van der Waals surface area contributed by atoms with E-state index in [4.69, 9.17) is 0 Å². The zero-order chi connectivity index (χ0) is 6.15. The van der Waals surface area contributed by atoms with Crippen molar-refractivity contribution in [2.75, 3.05) is 0 Å². The molecule has 0 unspecified atom stereocenters. The monoisotopic (exact) mass is 336 g/mol. The Hall–Kier alpha value is 1.000. The Morgan fingerprint density at radius 3 is 2.25 bits per heavy atom. The molecule has 1 aromatic rings. The van der Waals surface area contributed by atoms with Gasteiger partial charge in [0.15, 0.2) is 0 Å². The topological polar surface area (TPSA) is 0 Å². The molecule has 0 aromatic carbocycles. The van der Waals surface area contributed by atoms with Gasteiger partial charge in [-0.15, -0.1) is 0 Å². The second-order valence-corrected chi connectivity index (χ2v) is 7.09. The molecule has 0 aliphatic carbocycles. The number of hydrogen-bond acceptors (Lipinski definition) is 0. The van der Waals surface area contributed by atoms with Gasteiger partial charge >= 0.3 is 73.7 Å². The standard InChI is InChI=1S/C6H7ITe/c1-4-3-6(7)5(2)8-4/h3H,1-2H3. The summed E-state index contributed by atoms with van der Waals surface area (Å²) in [5.41, 5.74) is 0. The summed E-state index contributed by atoms with van der Waals surface area (Å²) < 4.78 is 4.76. The summed E-state index contributed by atoms with van der Waals surface area (Å²) in [6.07, 6.45) is 0. The Morgan fingerprint density at radius 1 is 1.50 bits per heavy atom. The van der Waals surface area contributed by atoms with Crippen molar-refractivity contribution in [2.45, 2.75) is 13.8 Å². The second-order valence-electron chi connectivity index (χ2n) is 1.76. The van der Waals surface area contributed by atoms with E-state index >= 15 is 0 Å². The van der Waals surface area contributed by atoms with Crippen LogP contribution in [0.25, 0.3) is 0 Å². The van der Waals surface area contributed by atoms with Gasteiger partial charge in [-0.2, -0.15) is 0 Å². The molecule has 0 bridgehead atoms. The van der Waals surface area contributed by atoms with Gasteiger partial charge in [0.05, 0.1) is 0 Å². The summed E-state index contributed by atoms with van der Waals surface area (Å²) in [5, 5.41) is 0. The minimum atomic E-state index is 0.149. The van der Waals surface area contributed by atoms with Crippen LogP contribution in [0.3, 0.4) is 0 Å². The van der Waals surface area contributed by atoms with E-state index in [9.17, 15) is 0 Å². The molecular formula is C6H7ITe. The number of aryl methyl sites for hydroxylation is 2. The summed E-state index contributed by atoms with van der Waals surface area (Å²) in [5.74, 6) is 0. The molecule has 0 aliphatic rings. The van der Waals surface area contributed by atoms with Gasteiger partial charge in [-0.3, -0.25) is 0 Å². The Labute approximate surface area is 73.0 Å². The normalized spacial score (nSPS) is 9.88. The summed E-state index contributed by atoms with van der Waals surface area (Å²) in [4.78, 5) is 0. The molecule has 0 spiro atoms. The van der Waals surface area contributed by atoms with Gasteiger partial charge in [0.25, 0.3) is 0 Å². The molecule has 0 fully saturated rings. The first kappa shape index (κ1) is 7.11. The quantitative estimate of drug-likeness (QED) is 0.503. The fourth-order valence-electron chi connectivity index (χ4n) is 0.600. The van der Waals surface area contributed by atoms with E-state index in [2.05, 4.69) is 42.5 Å². The predicted octanol–water partition coefficient (Wildman–Crippen LogP) is 1.97. The molecule has 0 nitrogen and oxygen atoms in total. The summed E-state index contributed by atoms with van der Waals surface area (Å²) in [6, 6.07) is 2.30. The molecule has 0 saturated carbocycles. The van der Waals surface area contributed by atoms with E-state index in [-0.39, 0.29) is 20.4 Å². The van der Waals surface area contributed by atoms with E-state index in [1.807, 2.05) is 0 Å². The fraction of sp³-hybridized carbons (Fsp3) is 0.333. The molecule has 2 heteroatoms. The van der Waals surface area contributed by atoms with Crippen molar-refractivity contribution in [1.29, 1.82) is 0 Å². The summed E-state index contributed by atoms with van der Waals surface area (Å²) in [6.45, 7) is 4.48. The molecule has 0 amide bonds. The third kappa shape index (κ3) is 1.49. The minimum absolute atomic E-state index is 0.149. The third-order valence-corrected chi connectivity index (χ3v) is 5.99. The second kappa shape index (κ2) is 2.72. The van der Waals surface area contributed by atoms with Crippen LogP contribution < -0.4 is 0 Å². The van der Waals surface area contributed by atoms with Crippen molar-refractivity contribution in [3.8, 4) is 0 Å². The van der Waals surface area contributed by atoms with Crippen LogP contribution in [0.4, 0.5) is 0 Å². The summed E-state index contributed by atoms with van der Waals surface area (Å²) in [7, 11) is 0. The Bertz CT molecular complexity index is 171. The first-order valence-corrected chi connectivity index (χ1v) is 5.83. The zero-order valence-corrected chi connectivity index (χ0v) is 9.35. The van der Waals surface area contributed by atoms with Crippen molar-refractivity contribution in [1.82, 2.24) is 0 Å². The van der Waals surface area contributed by atoms with Gasteiger partial charge in [0, 0.05) is 0 Å². The van der Waals surface area contributed by atoms with Crippen molar-refractivity contribution in [2.24, 2.45) is 0 Å². The average Bonchev–Trinajstić information content (AvgIpc) is 1.85. The molecule has 0 atom stereocenters. The Balaban J connectivity index is 3.14. The zero-order valence-electron chi connectivity index (χ0n) is 4.86. The van der Waals surface area contributed by atoms with Crippen molar-refractivity contribution in [3.05, 3.63) is 16.8 Å². The first-order valence-electron chi connectivity index (χ1n) is 2.42. The Kier molecular flexibility index (Phi) is 2.42. The van der Waals surface area contributed by atoms with Crippen LogP contribution in [-0.2, 0) is 0 Å². The SMILES string of the molecule is Cc1cc(I)c(C)[te]1. The van der Waals surface area contributed by atoms with Gasteiger partial charge in [-0.05, 0) is 0 Å². The average molecular weight is 334 g/mol. The van der Waals surface area contributed by atoms with Crippen LogP contribution in [0.15, 0.2) is 6.07 Å². The molecule has 0 radical (unpaired) electrons. The molecule has 8 heavy (non-hydrogen) atoms. The van der Waals surface area contributed by atoms with Gasteiger partial charge in [0.1, 0.15) is 0 Å². The van der Waals surface area contributed by atoms with Gasteiger partial charge < -0.3 is 0 Å². The maximum atomic E-state index is 2.41. The molecule has 1 aromatic heterocycles. The number of halogens is 1. The molecule has 0 saturated heterocycles. The van der Waals surface area contributed by atoms with Gasteiger partial charge in [-0.1, -0.05) is 0 Å². The van der Waals surface area contributed by atoms with E-state index in [0.29, 0.717) is 0 Å². The Morgan fingerprint density at radius 2 is 2.12 bits per heavy atom. The maximum absolute atomic E-state index is 2.41. The van der Waals surface area contributed by atoms with Gasteiger partial charge in [0.2, 0.25) is 0 Å². The molecule has 1 heterocycles. The van der Waals surface area contributed by atoms with Crippen LogP contribution in [0.2, 0.25) is 0 Å². The van der Waals surface area contributed by atoms with Crippen molar-refractivity contribution in [3.63, 3.8) is 0 Å². The molecule has 1 rings (SSSR count). The van der Waals surface area contributed by atoms with Crippen molar-refractivity contribution >= 4 is 43.0 Å². The van der Waals surface area contributed by atoms with Crippen LogP contribution in [0.5, 0.6) is 0 Å². The molecular weight excluding hydrogens is 327 g/mol. The van der Waals surface area contributed by atoms with Crippen LogP contribution >= 0.6 is 22.6 Å². The molecule has 44 valence electrons. The molecule has 0 aliphatic heterocycles. The van der Waals surface area contributed by atoms with E-state index < -0.39 is 0 Å². The van der Waals surface area contributed by atoms with E-state index in [1.165, 1.54) is 3.57 Å². The number of rotatable bonds is 0. The van der Waals surface area contributed by atoms with Crippen molar-refractivity contribution < 1.29 is 0 Å². The third-order valence-electron chi connectivity index (χ3n) is 0.980. The van der Waals surface area contributed by atoms with E-state index in [1.54, 1.807) is 7.16 Å². The first-order chi connectivity index (χ1) is 3.70. The fourth-order valence-corrected chi connectivity index (χ4v) is 4.79. The van der Waals surface area contributed by atoms with Crippen LogP contribution in [0, 0.1) is 17.4 Å². The van der Waals surface area contributed by atoms with Crippen LogP contribution in [0.1, 0.15) is 7.16 Å².